The lowest BCUT2D eigenvalue weighted by Crippen LogP contribution is -2.10. The maximum atomic E-state index is 2.42. The fourth-order valence-electron chi connectivity index (χ4n) is 8.94. The maximum Gasteiger partial charge on any atom is 0.0547 e. The summed E-state index contributed by atoms with van der Waals surface area (Å²) in [5.74, 6) is 0. The summed E-state index contributed by atoms with van der Waals surface area (Å²) in [6, 6.07) is 87.7. The molecule has 60 heavy (non-hydrogen) atoms. The van der Waals surface area contributed by atoms with Crippen LogP contribution >= 0.6 is 0 Å². The van der Waals surface area contributed by atoms with E-state index in [9.17, 15) is 0 Å². The Bertz CT molecular complexity index is 3200. The molecule has 10 aromatic carbocycles. The van der Waals surface area contributed by atoms with Crippen LogP contribution in [0.3, 0.4) is 0 Å². The highest BCUT2D eigenvalue weighted by molar-refractivity contribution is 6.24. The van der Waals surface area contributed by atoms with Crippen molar-refractivity contribution in [1.29, 1.82) is 0 Å². The lowest BCUT2D eigenvalue weighted by Gasteiger charge is -2.27. The highest BCUT2D eigenvalue weighted by Gasteiger charge is 2.19. The standard InChI is InChI=1S/C58H40N2/c1-5-16-41(17-6-1)47-38-48(42-18-7-2-8-19-42)40-52(39-47)59(49-23-11-4-12-24-49)50-33-28-43(29-34-50)44-30-35-51(36-31-44)60-55-27-14-13-25-54(55)58-56(60)37-32-46-22-15-26-53(57(46)58)45-20-9-3-10-21-45/h1-40H. The van der Waals surface area contributed by atoms with Crippen molar-refractivity contribution in [2.24, 2.45) is 0 Å². The Morgan fingerprint density at radius 2 is 0.800 bits per heavy atom. The van der Waals surface area contributed by atoms with Crippen molar-refractivity contribution < 1.29 is 0 Å². The Labute approximate surface area is 350 Å². The van der Waals surface area contributed by atoms with E-state index in [4.69, 9.17) is 0 Å². The summed E-state index contributed by atoms with van der Waals surface area (Å²) < 4.78 is 2.42. The van der Waals surface area contributed by atoms with Crippen molar-refractivity contribution in [1.82, 2.24) is 4.57 Å². The van der Waals surface area contributed by atoms with Gasteiger partial charge < -0.3 is 9.47 Å². The maximum absolute atomic E-state index is 2.42. The molecule has 0 aliphatic carbocycles. The molecule has 0 saturated carbocycles. The lowest BCUT2D eigenvalue weighted by molar-refractivity contribution is 1.18. The highest BCUT2D eigenvalue weighted by atomic mass is 15.1. The van der Waals surface area contributed by atoms with Crippen LogP contribution in [0.15, 0.2) is 243 Å². The largest absolute Gasteiger partial charge is 0.310 e. The summed E-state index contributed by atoms with van der Waals surface area (Å²) >= 11 is 0. The van der Waals surface area contributed by atoms with Crippen LogP contribution in [0.2, 0.25) is 0 Å². The summed E-state index contributed by atoms with van der Waals surface area (Å²) in [6.07, 6.45) is 0. The van der Waals surface area contributed by atoms with E-state index >= 15 is 0 Å². The quantitative estimate of drug-likeness (QED) is 0.150. The van der Waals surface area contributed by atoms with Crippen molar-refractivity contribution in [2.45, 2.75) is 0 Å². The zero-order chi connectivity index (χ0) is 39.8. The Balaban J connectivity index is 0.985. The average molecular weight is 765 g/mol. The third-order valence-electron chi connectivity index (χ3n) is 11.8. The smallest absolute Gasteiger partial charge is 0.0547 e. The molecule has 2 nitrogen and oxygen atoms in total. The minimum Gasteiger partial charge on any atom is -0.310 e. The van der Waals surface area contributed by atoms with Gasteiger partial charge in [0, 0.05) is 33.5 Å². The van der Waals surface area contributed by atoms with E-state index < -0.39 is 0 Å². The first kappa shape index (κ1) is 35.2. The Morgan fingerprint density at radius 1 is 0.283 bits per heavy atom. The summed E-state index contributed by atoms with van der Waals surface area (Å²) in [5.41, 5.74) is 16.4. The molecule has 0 fully saturated rings. The van der Waals surface area contributed by atoms with Crippen LogP contribution < -0.4 is 4.90 Å². The van der Waals surface area contributed by atoms with Gasteiger partial charge in [0.15, 0.2) is 0 Å². The molecule has 0 atom stereocenters. The molecule has 2 heteroatoms. The van der Waals surface area contributed by atoms with E-state index in [1.807, 2.05) is 0 Å². The molecule has 11 rings (SSSR count). The van der Waals surface area contributed by atoms with Crippen LogP contribution in [0.5, 0.6) is 0 Å². The second-order valence-electron chi connectivity index (χ2n) is 15.3. The molecule has 0 amide bonds. The number of aromatic nitrogens is 1. The summed E-state index contributed by atoms with van der Waals surface area (Å²) in [5, 5.41) is 5.09. The fourth-order valence-corrected chi connectivity index (χ4v) is 8.94. The fraction of sp³-hybridized carbons (Fsp3) is 0. The van der Waals surface area contributed by atoms with Gasteiger partial charge in [-0.15, -0.1) is 0 Å². The number of fused-ring (bicyclic) bond motifs is 5. The van der Waals surface area contributed by atoms with Gasteiger partial charge in [-0.1, -0.05) is 176 Å². The van der Waals surface area contributed by atoms with Crippen LogP contribution in [-0.4, -0.2) is 4.57 Å². The molecule has 0 bridgehead atoms. The molecule has 0 aliphatic heterocycles. The van der Waals surface area contributed by atoms with E-state index in [0.717, 1.165) is 22.7 Å². The minimum atomic E-state index is 1.10. The van der Waals surface area contributed by atoms with Crippen molar-refractivity contribution in [2.75, 3.05) is 4.90 Å². The van der Waals surface area contributed by atoms with Gasteiger partial charge in [0.25, 0.3) is 0 Å². The molecule has 0 spiro atoms. The SMILES string of the molecule is c1ccc(-c2cc(-c3ccccc3)cc(N(c3ccccc3)c3ccc(-c4ccc(-n5c6ccccc6c6c7c(-c8ccccc8)cccc7ccc65)cc4)cc3)c2)cc1. The van der Waals surface area contributed by atoms with E-state index in [1.54, 1.807) is 0 Å². The molecule has 282 valence electrons. The molecular formula is C58H40N2. The van der Waals surface area contributed by atoms with Crippen LogP contribution in [0, 0.1) is 0 Å². The second-order valence-corrected chi connectivity index (χ2v) is 15.3. The number of nitrogens with zero attached hydrogens (tertiary/aromatic N) is 2. The second kappa shape index (κ2) is 15.1. The topological polar surface area (TPSA) is 8.17 Å². The average Bonchev–Trinajstić information content (AvgIpc) is 3.67. The zero-order valence-electron chi connectivity index (χ0n) is 33.0. The zero-order valence-corrected chi connectivity index (χ0v) is 33.0. The number of anilines is 3. The van der Waals surface area contributed by atoms with Crippen molar-refractivity contribution in [3.63, 3.8) is 0 Å². The Kier molecular flexibility index (Phi) is 8.87. The van der Waals surface area contributed by atoms with Crippen molar-refractivity contribution >= 4 is 49.6 Å². The predicted octanol–water partition coefficient (Wildman–Crippen LogP) is 16.1. The van der Waals surface area contributed by atoms with Gasteiger partial charge in [0.2, 0.25) is 0 Å². The minimum absolute atomic E-state index is 1.10. The van der Waals surface area contributed by atoms with Crippen LogP contribution in [0.1, 0.15) is 0 Å². The van der Waals surface area contributed by atoms with E-state index in [-0.39, 0.29) is 0 Å². The molecule has 11 aromatic rings. The molecule has 0 saturated heterocycles. The number of benzene rings is 10. The molecule has 0 aliphatic rings. The first-order valence-electron chi connectivity index (χ1n) is 20.6. The molecule has 0 unspecified atom stereocenters. The Hall–Kier alpha value is -7.94. The van der Waals surface area contributed by atoms with Gasteiger partial charge in [-0.05, 0) is 122 Å². The molecule has 1 heterocycles. The van der Waals surface area contributed by atoms with Crippen LogP contribution in [-0.2, 0) is 0 Å². The molecule has 1 aromatic heterocycles. The molecule has 0 radical (unpaired) electrons. The van der Waals surface area contributed by atoms with Crippen LogP contribution in [0.25, 0.3) is 82.8 Å². The molecule has 0 N–H and O–H groups in total. The van der Waals surface area contributed by atoms with Gasteiger partial charge in [-0.2, -0.15) is 0 Å². The third kappa shape index (κ3) is 6.32. The molecular weight excluding hydrogens is 725 g/mol. The van der Waals surface area contributed by atoms with Crippen LogP contribution in [0.4, 0.5) is 17.1 Å². The normalized spacial score (nSPS) is 11.3. The number of hydrogen-bond acceptors (Lipinski definition) is 1. The van der Waals surface area contributed by atoms with E-state index in [0.29, 0.717) is 0 Å². The van der Waals surface area contributed by atoms with Gasteiger partial charge in [0.1, 0.15) is 0 Å². The Morgan fingerprint density at radius 3 is 1.43 bits per heavy atom. The van der Waals surface area contributed by atoms with Gasteiger partial charge in [0.05, 0.1) is 11.0 Å². The summed E-state index contributed by atoms with van der Waals surface area (Å²) in [6.45, 7) is 0. The van der Waals surface area contributed by atoms with E-state index in [1.165, 1.54) is 77.1 Å². The monoisotopic (exact) mass is 764 g/mol. The number of para-hydroxylation sites is 2. The van der Waals surface area contributed by atoms with E-state index in [2.05, 4.69) is 252 Å². The summed E-state index contributed by atoms with van der Waals surface area (Å²) in [4.78, 5) is 2.36. The highest BCUT2D eigenvalue weighted by Crippen LogP contribution is 2.43. The number of hydrogen-bond donors (Lipinski definition) is 0. The first-order chi connectivity index (χ1) is 29.8. The third-order valence-corrected chi connectivity index (χ3v) is 11.8. The van der Waals surface area contributed by atoms with Gasteiger partial charge >= 0.3 is 0 Å². The van der Waals surface area contributed by atoms with Crippen molar-refractivity contribution in [3.8, 4) is 50.2 Å². The number of rotatable bonds is 8. The van der Waals surface area contributed by atoms with Gasteiger partial charge in [-0.25, -0.2) is 0 Å². The predicted molar refractivity (Wildman–Crippen MR) is 255 cm³/mol. The van der Waals surface area contributed by atoms with Gasteiger partial charge in [-0.3, -0.25) is 0 Å². The van der Waals surface area contributed by atoms with Crippen molar-refractivity contribution in [3.05, 3.63) is 243 Å². The first-order valence-corrected chi connectivity index (χ1v) is 20.6. The summed E-state index contributed by atoms with van der Waals surface area (Å²) in [7, 11) is 0. The lowest BCUT2D eigenvalue weighted by atomic mass is 9.94.